The van der Waals surface area contributed by atoms with Gasteiger partial charge in [-0.1, -0.05) is 37.3 Å². The first-order valence-electron chi connectivity index (χ1n) is 10.6. The summed E-state index contributed by atoms with van der Waals surface area (Å²) in [5, 5.41) is 9.43. The molecule has 6 nitrogen and oxygen atoms in total. The van der Waals surface area contributed by atoms with Crippen LogP contribution in [0, 0.1) is 5.92 Å². The van der Waals surface area contributed by atoms with Crippen LogP contribution in [-0.2, 0) is 11.3 Å². The Morgan fingerprint density at radius 1 is 1.23 bits per heavy atom. The van der Waals surface area contributed by atoms with Crippen LogP contribution in [-0.4, -0.2) is 59.0 Å². The van der Waals surface area contributed by atoms with E-state index in [2.05, 4.69) is 24.0 Å². The summed E-state index contributed by atoms with van der Waals surface area (Å²) < 4.78 is 5.50. The van der Waals surface area contributed by atoms with E-state index in [0.29, 0.717) is 19.0 Å². The number of carbonyl (C=O) groups is 1. The second-order valence-corrected chi connectivity index (χ2v) is 8.97. The average molecular weight is 412 g/mol. The lowest BCUT2D eigenvalue weighted by atomic mass is 10.0. The summed E-state index contributed by atoms with van der Waals surface area (Å²) in [7, 11) is 0. The van der Waals surface area contributed by atoms with Gasteiger partial charge in [-0.15, -0.1) is 0 Å². The Morgan fingerprint density at radius 2 is 1.97 bits per heavy atom. The summed E-state index contributed by atoms with van der Waals surface area (Å²) in [5.74, 6) is 0.381. The van der Waals surface area contributed by atoms with Gasteiger partial charge in [0.2, 0.25) is 0 Å². The number of aliphatic imine (C=N–C) groups is 1. The third-order valence-corrected chi connectivity index (χ3v) is 5.18. The third-order valence-electron chi connectivity index (χ3n) is 5.18. The number of nitrogens with zero attached hydrogens (tertiary/aromatic N) is 3. The summed E-state index contributed by atoms with van der Waals surface area (Å²) in [5.41, 5.74) is 3.44. The smallest absolute Gasteiger partial charge is 0.410 e. The zero-order valence-electron chi connectivity index (χ0n) is 18.5. The maximum atomic E-state index is 12.3. The van der Waals surface area contributed by atoms with Gasteiger partial charge in [-0.2, -0.15) is 0 Å². The predicted octanol–water partition coefficient (Wildman–Crippen LogP) is 4.07. The number of ether oxygens (including phenoxy) is 1. The van der Waals surface area contributed by atoms with Gasteiger partial charge in [-0.25, -0.2) is 4.79 Å². The standard InChI is InChI=1S/C24H33N3O3/c1-18-8-9-22(20-7-5-6-19(15-20)17-28)25-16-21(14-18)26-10-12-27(13-11-26)23(29)30-24(2,3)4/h5-7,9,14-16,18,28H,8,10-13,17H2,1-4H3/b21-14?,22-9+,25-16?. The molecule has 30 heavy (non-hydrogen) atoms. The van der Waals surface area contributed by atoms with Crippen LogP contribution in [0.4, 0.5) is 4.79 Å². The molecule has 0 aliphatic carbocycles. The van der Waals surface area contributed by atoms with Crippen LogP contribution in [0.1, 0.15) is 45.2 Å². The van der Waals surface area contributed by atoms with Crippen LogP contribution in [0.3, 0.4) is 0 Å². The van der Waals surface area contributed by atoms with Crippen LogP contribution >= 0.6 is 0 Å². The molecule has 2 aliphatic rings. The molecule has 1 aromatic carbocycles. The number of piperazine rings is 1. The number of benzene rings is 1. The normalized spacial score (nSPS) is 22.0. The van der Waals surface area contributed by atoms with Crippen molar-refractivity contribution in [2.24, 2.45) is 10.9 Å². The molecule has 0 bridgehead atoms. The first-order chi connectivity index (χ1) is 14.2. The van der Waals surface area contributed by atoms with Gasteiger partial charge >= 0.3 is 6.09 Å². The molecular formula is C24H33N3O3. The Balaban J connectivity index is 1.69. The SMILES string of the molecule is CC1C=C(N2CCN(C(=O)OC(C)(C)C)CC2)C=N/C(c2cccc(CO)c2)=C/C1. The summed E-state index contributed by atoms with van der Waals surface area (Å²) in [6, 6.07) is 7.87. The number of rotatable bonds is 3. The van der Waals surface area contributed by atoms with Crippen LogP contribution in [0.5, 0.6) is 0 Å². The fourth-order valence-electron chi connectivity index (χ4n) is 3.57. The van der Waals surface area contributed by atoms with Gasteiger partial charge in [-0.05, 0) is 44.7 Å². The molecule has 1 fully saturated rings. The molecule has 0 spiro atoms. The van der Waals surface area contributed by atoms with E-state index < -0.39 is 5.60 Å². The minimum Gasteiger partial charge on any atom is -0.444 e. The number of hydrogen-bond donors (Lipinski definition) is 1. The van der Waals surface area contributed by atoms with Crippen molar-refractivity contribution in [3.05, 3.63) is 53.2 Å². The van der Waals surface area contributed by atoms with Gasteiger partial charge in [-0.3, -0.25) is 4.99 Å². The molecule has 1 aromatic rings. The van der Waals surface area contributed by atoms with Gasteiger partial charge < -0.3 is 19.6 Å². The highest BCUT2D eigenvalue weighted by molar-refractivity contribution is 5.84. The molecule has 162 valence electrons. The topological polar surface area (TPSA) is 65.4 Å². The fraction of sp³-hybridized carbons (Fsp3) is 0.500. The lowest BCUT2D eigenvalue weighted by Gasteiger charge is -2.37. The Morgan fingerprint density at radius 3 is 2.63 bits per heavy atom. The fourth-order valence-corrected chi connectivity index (χ4v) is 3.57. The zero-order valence-corrected chi connectivity index (χ0v) is 18.5. The van der Waals surface area contributed by atoms with Crippen LogP contribution < -0.4 is 0 Å². The van der Waals surface area contributed by atoms with Crippen molar-refractivity contribution in [3.63, 3.8) is 0 Å². The number of aliphatic hydroxyl groups is 1. The van der Waals surface area contributed by atoms with Crippen molar-refractivity contribution in [1.82, 2.24) is 9.80 Å². The number of hydrogen-bond acceptors (Lipinski definition) is 5. The van der Waals surface area contributed by atoms with Crippen molar-refractivity contribution in [3.8, 4) is 0 Å². The molecule has 1 unspecified atom stereocenters. The molecule has 1 saturated heterocycles. The molecule has 0 aromatic heterocycles. The van der Waals surface area contributed by atoms with Crippen molar-refractivity contribution < 1.29 is 14.6 Å². The Bertz CT molecular complexity index is 843. The Kier molecular flexibility index (Phi) is 6.98. The molecule has 0 radical (unpaired) electrons. The van der Waals surface area contributed by atoms with Gasteiger partial charge in [0.05, 0.1) is 24.2 Å². The second kappa shape index (κ2) is 9.47. The summed E-state index contributed by atoms with van der Waals surface area (Å²) in [6.07, 6.45) is 6.99. The summed E-state index contributed by atoms with van der Waals surface area (Å²) in [4.78, 5) is 21.1. The van der Waals surface area contributed by atoms with E-state index in [1.54, 1.807) is 4.90 Å². The van der Waals surface area contributed by atoms with Gasteiger partial charge in [0.15, 0.2) is 0 Å². The number of allylic oxidation sites excluding steroid dienone is 3. The molecule has 1 amide bonds. The molecule has 3 rings (SSSR count). The first-order valence-corrected chi connectivity index (χ1v) is 10.6. The highest BCUT2D eigenvalue weighted by Crippen LogP contribution is 2.24. The minimum atomic E-state index is -0.478. The maximum absolute atomic E-state index is 12.3. The van der Waals surface area contributed by atoms with E-state index in [9.17, 15) is 9.90 Å². The van der Waals surface area contributed by atoms with Crippen LogP contribution in [0.15, 0.2) is 47.1 Å². The van der Waals surface area contributed by atoms with E-state index in [4.69, 9.17) is 9.73 Å². The zero-order chi connectivity index (χ0) is 21.7. The molecule has 1 N–H and O–H groups in total. The molecule has 2 heterocycles. The van der Waals surface area contributed by atoms with Crippen LogP contribution in [0.2, 0.25) is 0 Å². The maximum Gasteiger partial charge on any atom is 0.410 e. The van der Waals surface area contributed by atoms with Gasteiger partial charge in [0.25, 0.3) is 0 Å². The van der Waals surface area contributed by atoms with Gasteiger partial charge in [0.1, 0.15) is 5.60 Å². The highest BCUT2D eigenvalue weighted by atomic mass is 16.6. The first kappa shape index (κ1) is 22.1. The van der Waals surface area contributed by atoms with E-state index in [-0.39, 0.29) is 12.7 Å². The average Bonchev–Trinajstić information content (AvgIpc) is 2.70. The lowest BCUT2D eigenvalue weighted by molar-refractivity contribution is 0.0172. The van der Waals surface area contributed by atoms with E-state index in [1.807, 2.05) is 51.3 Å². The molecule has 1 atom stereocenters. The van der Waals surface area contributed by atoms with Crippen molar-refractivity contribution in [2.75, 3.05) is 26.2 Å². The number of aliphatic hydroxyl groups excluding tert-OH is 1. The molecule has 6 heteroatoms. The summed E-state index contributed by atoms with van der Waals surface area (Å²) >= 11 is 0. The second-order valence-electron chi connectivity index (χ2n) is 8.97. The summed E-state index contributed by atoms with van der Waals surface area (Å²) in [6.45, 7) is 10.7. The van der Waals surface area contributed by atoms with Crippen molar-refractivity contribution >= 4 is 18.0 Å². The van der Waals surface area contributed by atoms with E-state index in [0.717, 1.165) is 42.0 Å². The van der Waals surface area contributed by atoms with Crippen molar-refractivity contribution in [1.29, 1.82) is 0 Å². The number of amides is 1. The van der Waals surface area contributed by atoms with E-state index >= 15 is 0 Å². The molecule has 0 saturated carbocycles. The van der Waals surface area contributed by atoms with Crippen molar-refractivity contribution in [2.45, 2.75) is 46.3 Å². The third kappa shape index (κ3) is 5.95. The predicted molar refractivity (Wildman–Crippen MR) is 120 cm³/mol. The Hall–Kier alpha value is -2.60. The largest absolute Gasteiger partial charge is 0.444 e. The van der Waals surface area contributed by atoms with E-state index in [1.165, 1.54) is 0 Å². The molecular weight excluding hydrogens is 378 g/mol. The van der Waals surface area contributed by atoms with Gasteiger partial charge in [0, 0.05) is 31.7 Å². The highest BCUT2D eigenvalue weighted by Gasteiger charge is 2.26. The van der Waals surface area contributed by atoms with Crippen LogP contribution in [0.25, 0.3) is 5.70 Å². The Labute approximate surface area is 179 Å². The lowest BCUT2D eigenvalue weighted by Crippen LogP contribution is -2.49. The number of carbonyl (C=O) groups excluding carboxylic acids is 1. The minimum absolute atomic E-state index is 0.0221. The quantitative estimate of drug-likeness (QED) is 0.814. The molecule has 2 aliphatic heterocycles. The monoisotopic (exact) mass is 411 g/mol.